The molecule has 0 unspecified atom stereocenters. The number of nitro groups is 1. The molecule has 0 aliphatic heterocycles. The summed E-state index contributed by atoms with van der Waals surface area (Å²) in [6.45, 7) is -0.369. The quantitative estimate of drug-likeness (QED) is 0.456. The van der Waals surface area contributed by atoms with Crippen LogP contribution in [0.3, 0.4) is 0 Å². The maximum Gasteiger partial charge on any atom is 0.294 e. The molecule has 1 rings (SSSR count). The average molecular weight is 217 g/mol. The molecule has 0 bridgehead atoms. The highest BCUT2D eigenvalue weighted by atomic mass is 32.2. The number of benzene rings is 1. The Morgan fingerprint density at radius 1 is 1.29 bits per heavy atom. The van der Waals surface area contributed by atoms with E-state index in [4.69, 9.17) is 4.55 Å². The molecule has 1 aromatic carbocycles. The standard InChI is InChI=1S/C7H7NO5S/c9-8(10)5-6-1-3-7(4-2-6)14(11,12)13/h1-4H,5H2,(H,11,12,13). The smallest absolute Gasteiger partial charge is 0.282 e. The minimum atomic E-state index is -4.22. The fourth-order valence-corrected chi connectivity index (χ4v) is 1.40. The van der Waals surface area contributed by atoms with E-state index < -0.39 is 15.0 Å². The van der Waals surface area contributed by atoms with E-state index in [2.05, 4.69) is 0 Å². The summed E-state index contributed by atoms with van der Waals surface area (Å²) in [6.07, 6.45) is 0. The molecule has 0 fully saturated rings. The van der Waals surface area contributed by atoms with Gasteiger partial charge in [0.25, 0.3) is 10.1 Å². The summed E-state index contributed by atoms with van der Waals surface area (Å²) in [4.78, 5) is 9.29. The van der Waals surface area contributed by atoms with Crippen LogP contribution in [-0.4, -0.2) is 17.9 Å². The third-order valence-corrected chi connectivity index (χ3v) is 2.40. The molecule has 0 aliphatic rings. The molecule has 0 aromatic heterocycles. The Labute approximate surface area is 80.1 Å². The summed E-state index contributed by atoms with van der Waals surface area (Å²) >= 11 is 0. The Hall–Kier alpha value is -1.47. The van der Waals surface area contributed by atoms with Crippen molar-refractivity contribution in [1.82, 2.24) is 0 Å². The molecule has 1 N–H and O–H groups in total. The molecule has 7 heteroatoms. The Morgan fingerprint density at radius 3 is 2.14 bits per heavy atom. The Bertz CT molecular complexity index is 436. The van der Waals surface area contributed by atoms with E-state index in [1.54, 1.807) is 0 Å². The summed E-state index contributed by atoms with van der Waals surface area (Å²) in [5.41, 5.74) is 0.377. The second kappa shape index (κ2) is 3.72. The van der Waals surface area contributed by atoms with Gasteiger partial charge in [0, 0.05) is 10.5 Å². The van der Waals surface area contributed by atoms with Crippen molar-refractivity contribution < 1.29 is 17.9 Å². The third-order valence-electron chi connectivity index (χ3n) is 1.53. The fraction of sp³-hybridized carbons (Fsp3) is 0.143. The summed E-state index contributed by atoms with van der Waals surface area (Å²) < 4.78 is 29.8. The van der Waals surface area contributed by atoms with Crippen LogP contribution in [0.1, 0.15) is 5.56 Å². The van der Waals surface area contributed by atoms with Gasteiger partial charge in [-0.1, -0.05) is 12.1 Å². The minimum Gasteiger partial charge on any atom is -0.282 e. The maximum absolute atomic E-state index is 10.6. The van der Waals surface area contributed by atoms with Crippen molar-refractivity contribution in [3.05, 3.63) is 39.9 Å². The molecule has 0 saturated heterocycles. The van der Waals surface area contributed by atoms with Crippen LogP contribution in [0.2, 0.25) is 0 Å². The summed E-state index contributed by atoms with van der Waals surface area (Å²) in [6, 6.07) is 4.81. The van der Waals surface area contributed by atoms with E-state index in [1.165, 1.54) is 12.1 Å². The first kappa shape index (κ1) is 10.6. The van der Waals surface area contributed by atoms with Gasteiger partial charge in [-0.15, -0.1) is 0 Å². The normalized spacial score (nSPS) is 11.2. The predicted molar refractivity (Wildman–Crippen MR) is 47.0 cm³/mol. The highest BCUT2D eigenvalue weighted by Crippen LogP contribution is 2.10. The highest BCUT2D eigenvalue weighted by Gasteiger charge is 2.09. The highest BCUT2D eigenvalue weighted by molar-refractivity contribution is 7.85. The van der Waals surface area contributed by atoms with Crippen LogP contribution in [0.4, 0.5) is 0 Å². The lowest BCUT2D eigenvalue weighted by atomic mass is 10.2. The summed E-state index contributed by atoms with van der Waals surface area (Å²) in [5, 5.41) is 10.1. The molecule has 0 radical (unpaired) electrons. The van der Waals surface area contributed by atoms with Gasteiger partial charge in [-0.05, 0) is 12.1 Å². The van der Waals surface area contributed by atoms with Crippen molar-refractivity contribution in [3.63, 3.8) is 0 Å². The van der Waals surface area contributed by atoms with E-state index in [1.807, 2.05) is 0 Å². The van der Waals surface area contributed by atoms with E-state index in [0.29, 0.717) is 5.56 Å². The van der Waals surface area contributed by atoms with Crippen LogP contribution in [-0.2, 0) is 16.7 Å². The molecule has 14 heavy (non-hydrogen) atoms. The van der Waals surface area contributed by atoms with Crippen molar-refractivity contribution in [1.29, 1.82) is 0 Å². The molecule has 0 aliphatic carbocycles. The second-order valence-corrected chi connectivity index (χ2v) is 4.03. The Morgan fingerprint density at radius 2 is 1.79 bits per heavy atom. The monoisotopic (exact) mass is 217 g/mol. The van der Waals surface area contributed by atoms with Gasteiger partial charge in [0.2, 0.25) is 6.54 Å². The number of hydrogen-bond acceptors (Lipinski definition) is 4. The number of nitrogens with zero attached hydrogens (tertiary/aromatic N) is 1. The molecular weight excluding hydrogens is 210 g/mol. The summed E-state index contributed by atoms with van der Waals surface area (Å²) in [5.74, 6) is 0. The molecular formula is C7H7NO5S. The van der Waals surface area contributed by atoms with Crippen molar-refractivity contribution in [3.8, 4) is 0 Å². The van der Waals surface area contributed by atoms with Gasteiger partial charge in [0.1, 0.15) is 0 Å². The van der Waals surface area contributed by atoms with Gasteiger partial charge in [0.15, 0.2) is 0 Å². The van der Waals surface area contributed by atoms with E-state index in [0.717, 1.165) is 12.1 Å². The zero-order valence-electron chi connectivity index (χ0n) is 6.95. The predicted octanol–water partition coefficient (Wildman–Crippen LogP) is 0.710. The molecule has 0 amide bonds. The number of rotatable bonds is 3. The molecule has 0 heterocycles. The number of hydrogen-bond donors (Lipinski definition) is 1. The topological polar surface area (TPSA) is 97.5 Å². The van der Waals surface area contributed by atoms with Crippen molar-refractivity contribution in [2.24, 2.45) is 0 Å². The zero-order chi connectivity index (χ0) is 10.8. The molecule has 0 saturated carbocycles. The minimum absolute atomic E-state index is 0.274. The zero-order valence-corrected chi connectivity index (χ0v) is 7.77. The first-order valence-corrected chi connectivity index (χ1v) is 5.02. The first-order chi connectivity index (χ1) is 6.39. The lowest BCUT2D eigenvalue weighted by Gasteiger charge is -1.97. The largest absolute Gasteiger partial charge is 0.294 e. The van der Waals surface area contributed by atoms with Crippen LogP contribution in [0.25, 0.3) is 0 Å². The average Bonchev–Trinajstić information content (AvgIpc) is 2.02. The van der Waals surface area contributed by atoms with Crippen LogP contribution < -0.4 is 0 Å². The summed E-state index contributed by atoms with van der Waals surface area (Å²) in [7, 11) is -4.22. The lowest BCUT2D eigenvalue weighted by Crippen LogP contribution is -2.00. The van der Waals surface area contributed by atoms with Gasteiger partial charge >= 0.3 is 0 Å². The van der Waals surface area contributed by atoms with E-state index in [-0.39, 0.29) is 11.4 Å². The molecule has 6 nitrogen and oxygen atoms in total. The van der Waals surface area contributed by atoms with Gasteiger partial charge in [0.05, 0.1) is 4.90 Å². The van der Waals surface area contributed by atoms with Crippen LogP contribution in [0.5, 0.6) is 0 Å². The first-order valence-electron chi connectivity index (χ1n) is 3.58. The molecule has 0 spiro atoms. The second-order valence-electron chi connectivity index (χ2n) is 2.61. The SMILES string of the molecule is O=[N+]([O-])Cc1ccc(S(=O)(=O)O)cc1. The third kappa shape index (κ3) is 2.79. The van der Waals surface area contributed by atoms with Crippen LogP contribution >= 0.6 is 0 Å². The fourth-order valence-electron chi connectivity index (χ4n) is 0.916. The molecule has 1 aromatic rings. The van der Waals surface area contributed by atoms with Crippen molar-refractivity contribution in [2.45, 2.75) is 11.4 Å². The van der Waals surface area contributed by atoms with E-state index in [9.17, 15) is 18.5 Å². The maximum atomic E-state index is 10.6. The van der Waals surface area contributed by atoms with Gasteiger partial charge in [-0.2, -0.15) is 8.42 Å². The molecule has 76 valence electrons. The van der Waals surface area contributed by atoms with Gasteiger partial charge in [-0.3, -0.25) is 14.7 Å². The van der Waals surface area contributed by atoms with Crippen molar-refractivity contribution >= 4 is 10.1 Å². The molecule has 0 atom stereocenters. The van der Waals surface area contributed by atoms with Gasteiger partial charge in [-0.25, -0.2) is 0 Å². The van der Waals surface area contributed by atoms with E-state index >= 15 is 0 Å². The van der Waals surface area contributed by atoms with Crippen molar-refractivity contribution in [2.75, 3.05) is 0 Å². The van der Waals surface area contributed by atoms with Crippen LogP contribution in [0, 0.1) is 10.1 Å². The Balaban J connectivity index is 2.95. The lowest BCUT2D eigenvalue weighted by molar-refractivity contribution is -0.496. The van der Waals surface area contributed by atoms with Crippen LogP contribution in [0.15, 0.2) is 29.2 Å². The Kier molecular flexibility index (Phi) is 2.82. The van der Waals surface area contributed by atoms with Gasteiger partial charge < -0.3 is 0 Å².